The zero-order valence-electron chi connectivity index (χ0n) is 10.4. The van der Waals surface area contributed by atoms with Crippen LogP contribution in [0.2, 0.25) is 0 Å². The number of hydrogen-bond acceptors (Lipinski definition) is 5. The molecule has 0 aliphatic heterocycles. The number of benzene rings is 1. The van der Waals surface area contributed by atoms with Gasteiger partial charge >= 0.3 is 5.97 Å². The SMILES string of the molecule is CC(=O)Nc1ccc(NCC(O)CO)c(C(=O)O)c1. The summed E-state index contributed by atoms with van der Waals surface area (Å²) in [5, 5.41) is 32.2. The van der Waals surface area contributed by atoms with Crippen LogP contribution >= 0.6 is 0 Å². The lowest BCUT2D eigenvalue weighted by molar-refractivity contribution is -0.114. The number of amides is 1. The van der Waals surface area contributed by atoms with E-state index >= 15 is 0 Å². The molecule has 1 unspecified atom stereocenters. The van der Waals surface area contributed by atoms with Crippen molar-refractivity contribution in [2.75, 3.05) is 23.8 Å². The lowest BCUT2D eigenvalue weighted by atomic mass is 10.1. The van der Waals surface area contributed by atoms with E-state index in [1.807, 2.05) is 0 Å². The van der Waals surface area contributed by atoms with Crippen molar-refractivity contribution in [3.8, 4) is 0 Å². The van der Waals surface area contributed by atoms with E-state index in [-0.39, 0.29) is 18.0 Å². The zero-order valence-corrected chi connectivity index (χ0v) is 10.4. The predicted molar refractivity (Wildman–Crippen MR) is 69.3 cm³/mol. The van der Waals surface area contributed by atoms with E-state index in [1.54, 1.807) is 6.07 Å². The third-order valence-electron chi connectivity index (χ3n) is 2.31. The van der Waals surface area contributed by atoms with Crippen LogP contribution in [-0.2, 0) is 4.79 Å². The van der Waals surface area contributed by atoms with Crippen molar-refractivity contribution in [2.24, 2.45) is 0 Å². The van der Waals surface area contributed by atoms with E-state index in [2.05, 4.69) is 10.6 Å². The molecule has 0 spiro atoms. The van der Waals surface area contributed by atoms with Gasteiger partial charge in [0, 0.05) is 24.8 Å². The van der Waals surface area contributed by atoms with Crippen molar-refractivity contribution in [1.29, 1.82) is 0 Å². The van der Waals surface area contributed by atoms with Gasteiger partial charge in [-0.15, -0.1) is 0 Å². The normalized spacial score (nSPS) is 11.7. The minimum absolute atomic E-state index is 0.0241. The smallest absolute Gasteiger partial charge is 0.337 e. The first-order valence-corrected chi connectivity index (χ1v) is 5.61. The molecular formula is C12H16N2O5. The van der Waals surface area contributed by atoms with Crippen molar-refractivity contribution in [3.63, 3.8) is 0 Å². The second-order valence-electron chi connectivity index (χ2n) is 3.96. The third-order valence-corrected chi connectivity index (χ3v) is 2.31. The quantitative estimate of drug-likeness (QED) is 0.499. The Hall–Kier alpha value is -2.12. The molecule has 0 fully saturated rings. The summed E-state index contributed by atoms with van der Waals surface area (Å²) in [6.07, 6.45) is -0.975. The number of carbonyl (C=O) groups excluding carboxylic acids is 1. The van der Waals surface area contributed by atoms with Crippen LogP contribution in [0.1, 0.15) is 17.3 Å². The van der Waals surface area contributed by atoms with Gasteiger partial charge in [0.1, 0.15) is 0 Å². The highest BCUT2D eigenvalue weighted by molar-refractivity contribution is 5.97. The summed E-state index contributed by atoms with van der Waals surface area (Å²) >= 11 is 0. The Morgan fingerprint density at radius 1 is 1.37 bits per heavy atom. The summed E-state index contributed by atoms with van der Waals surface area (Å²) in [5.74, 6) is -1.46. The largest absolute Gasteiger partial charge is 0.478 e. The number of carboxylic acid groups (broad SMARTS) is 1. The standard InChI is InChI=1S/C12H16N2O5/c1-7(16)14-8-2-3-11(10(4-8)12(18)19)13-5-9(17)6-15/h2-4,9,13,15,17H,5-6H2,1H3,(H,14,16)(H,18,19). The van der Waals surface area contributed by atoms with Crippen molar-refractivity contribution in [1.82, 2.24) is 0 Å². The minimum Gasteiger partial charge on any atom is -0.478 e. The maximum absolute atomic E-state index is 11.1. The second kappa shape index (κ2) is 6.72. The molecule has 0 saturated carbocycles. The number of anilines is 2. The molecule has 5 N–H and O–H groups in total. The number of carbonyl (C=O) groups is 2. The number of aliphatic hydroxyl groups excluding tert-OH is 2. The highest BCUT2D eigenvalue weighted by Crippen LogP contribution is 2.20. The van der Waals surface area contributed by atoms with Crippen molar-refractivity contribution in [3.05, 3.63) is 23.8 Å². The molecular weight excluding hydrogens is 252 g/mol. The van der Waals surface area contributed by atoms with Crippen LogP contribution in [-0.4, -0.2) is 46.5 Å². The predicted octanol–water partition coefficient (Wildman–Crippen LogP) is 0.108. The highest BCUT2D eigenvalue weighted by atomic mass is 16.4. The van der Waals surface area contributed by atoms with E-state index < -0.39 is 18.7 Å². The molecule has 7 nitrogen and oxygen atoms in total. The van der Waals surface area contributed by atoms with Crippen LogP contribution in [0, 0.1) is 0 Å². The Morgan fingerprint density at radius 2 is 2.05 bits per heavy atom. The summed E-state index contributed by atoms with van der Waals surface area (Å²) in [5.41, 5.74) is 0.642. The van der Waals surface area contributed by atoms with Crippen LogP contribution < -0.4 is 10.6 Å². The molecule has 0 bridgehead atoms. The van der Waals surface area contributed by atoms with Gasteiger partial charge in [-0.05, 0) is 18.2 Å². The summed E-state index contributed by atoms with van der Waals surface area (Å²) in [6, 6.07) is 4.34. The first kappa shape index (κ1) is 14.9. The van der Waals surface area contributed by atoms with Gasteiger partial charge in [-0.3, -0.25) is 4.79 Å². The Balaban J connectivity index is 2.91. The summed E-state index contributed by atoms with van der Waals surface area (Å²) in [6.45, 7) is 0.930. The fourth-order valence-corrected chi connectivity index (χ4v) is 1.45. The first-order valence-electron chi connectivity index (χ1n) is 5.61. The van der Waals surface area contributed by atoms with Crippen molar-refractivity contribution in [2.45, 2.75) is 13.0 Å². The average molecular weight is 268 g/mol. The first-order chi connectivity index (χ1) is 8.93. The molecule has 1 aromatic carbocycles. The number of carboxylic acids is 1. The average Bonchev–Trinajstić information content (AvgIpc) is 2.35. The molecule has 1 rings (SSSR count). The van der Waals surface area contributed by atoms with Gasteiger partial charge in [-0.2, -0.15) is 0 Å². The van der Waals surface area contributed by atoms with Crippen LogP contribution in [0.3, 0.4) is 0 Å². The van der Waals surface area contributed by atoms with Gasteiger partial charge in [0.2, 0.25) is 5.91 Å². The molecule has 0 radical (unpaired) electrons. The zero-order chi connectivity index (χ0) is 14.4. The molecule has 19 heavy (non-hydrogen) atoms. The molecule has 0 heterocycles. The molecule has 1 atom stereocenters. The number of aromatic carboxylic acids is 1. The fourth-order valence-electron chi connectivity index (χ4n) is 1.45. The number of aliphatic hydroxyl groups is 2. The topological polar surface area (TPSA) is 119 Å². The Bertz CT molecular complexity index is 475. The summed E-state index contributed by atoms with van der Waals surface area (Å²) in [4.78, 5) is 22.0. The molecule has 0 aliphatic carbocycles. The van der Waals surface area contributed by atoms with E-state index in [9.17, 15) is 14.7 Å². The van der Waals surface area contributed by atoms with E-state index in [0.29, 0.717) is 11.4 Å². The third kappa shape index (κ3) is 4.57. The van der Waals surface area contributed by atoms with Crippen molar-refractivity contribution >= 4 is 23.3 Å². The van der Waals surface area contributed by atoms with Gasteiger partial charge in [0.15, 0.2) is 0 Å². The molecule has 1 amide bonds. The molecule has 1 aromatic rings. The lowest BCUT2D eigenvalue weighted by Crippen LogP contribution is -2.23. The summed E-state index contributed by atoms with van der Waals surface area (Å²) < 4.78 is 0. The summed E-state index contributed by atoms with van der Waals surface area (Å²) in [7, 11) is 0. The van der Waals surface area contributed by atoms with Crippen LogP contribution in [0.5, 0.6) is 0 Å². The van der Waals surface area contributed by atoms with Gasteiger partial charge in [-0.25, -0.2) is 4.79 Å². The Morgan fingerprint density at radius 3 is 2.58 bits per heavy atom. The van der Waals surface area contributed by atoms with Crippen LogP contribution in [0.15, 0.2) is 18.2 Å². The monoisotopic (exact) mass is 268 g/mol. The number of nitrogens with one attached hydrogen (secondary N) is 2. The molecule has 0 saturated heterocycles. The van der Waals surface area contributed by atoms with Crippen molar-refractivity contribution < 1.29 is 24.9 Å². The Kier molecular flexibility index (Phi) is 5.28. The maximum Gasteiger partial charge on any atom is 0.337 e. The van der Waals surface area contributed by atoms with E-state index in [1.165, 1.54) is 19.1 Å². The van der Waals surface area contributed by atoms with Gasteiger partial charge in [-0.1, -0.05) is 0 Å². The molecule has 104 valence electrons. The van der Waals surface area contributed by atoms with E-state index in [4.69, 9.17) is 10.2 Å². The van der Waals surface area contributed by atoms with Gasteiger partial charge in [0.05, 0.1) is 18.3 Å². The van der Waals surface area contributed by atoms with Gasteiger partial charge < -0.3 is 26.0 Å². The van der Waals surface area contributed by atoms with Gasteiger partial charge in [0.25, 0.3) is 0 Å². The maximum atomic E-state index is 11.1. The molecule has 0 aromatic heterocycles. The molecule has 7 heteroatoms. The number of rotatable bonds is 6. The Labute approximate surface area is 109 Å². The highest BCUT2D eigenvalue weighted by Gasteiger charge is 2.12. The van der Waals surface area contributed by atoms with Crippen LogP contribution in [0.4, 0.5) is 11.4 Å². The fraction of sp³-hybridized carbons (Fsp3) is 0.333. The minimum atomic E-state index is -1.16. The second-order valence-corrected chi connectivity index (χ2v) is 3.96. The lowest BCUT2D eigenvalue weighted by Gasteiger charge is -2.13. The van der Waals surface area contributed by atoms with Crippen LogP contribution in [0.25, 0.3) is 0 Å². The van der Waals surface area contributed by atoms with E-state index in [0.717, 1.165) is 0 Å². The number of hydrogen-bond donors (Lipinski definition) is 5. The molecule has 0 aliphatic rings.